The topological polar surface area (TPSA) is 8.17 Å². The third kappa shape index (κ3) is 5.70. The molecular formula is C54H48N2. The lowest BCUT2D eigenvalue weighted by atomic mass is 9.63. The summed E-state index contributed by atoms with van der Waals surface area (Å²) in [6.07, 6.45) is 10.5. The van der Waals surface area contributed by atoms with Gasteiger partial charge in [-0.2, -0.15) is 0 Å². The van der Waals surface area contributed by atoms with Crippen LogP contribution in [0.15, 0.2) is 182 Å². The van der Waals surface area contributed by atoms with Crippen LogP contribution in [0.4, 0.5) is 11.4 Å². The maximum atomic E-state index is 2.51. The van der Waals surface area contributed by atoms with Gasteiger partial charge in [0, 0.05) is 39.0 Å². The van der Waals surface area contributed by atoms with E-state index in [0.29, 0.717) is 5.92 Å². The Morgan fingerprint density at radius 1 is 0.571 bits per heavy atom. The summed E-state index contributed by atoms with van der Waals surface area (Å²) in [5.74, 6) is 0.357. The van der Waals surface area contributed by atoms with Gasteiger partial charge in [0.1, 0.15) is 0 Å². The molecule has 1 atom stereocenters. The molecule has 0 spiro atoms. The average Bonchev–Trinajstić information content (AvgIpc) is 3.57. The fourth-order valence-corrected chi connectivity index (χ4v) is 9.58. The molecule has 10 rings (SSSR count). The van der Waals surface area contributed by atoms with Gasteiger partial charge in [0.25, 0.3) is 0 Å². The van der Waals surface area contributed by atoms with Crippen molar-refractivity contribution >= 4 is 44.0 Å². The molecule has 0 saturated heterocycles. The second kappa shape index (κ2) is 13.3. The number of allylic oxidation sites excluding steroid dienone is 3. The molecule has 1 unspecified atom stereocenters. The molecular weight excluding hydrogens is 677 g/mol. The lowest BCUT2D eigenvalue weighted by Crippen LogP contribution is -2.33. The number of benzene rings is 7. The molecule has 0 amide bonds. The minimum atomic E-state index is 0.131. The zero-order valence-corrected chi connectivity index (χ0v) is 32.8. The highest BCUT2D eigenvalue weighted by Crippen LogP contribution is 2.48. The van der Waals surface area contributed by atoms with E-state index in [1.165, 1.54) is 90.3 Å². The Hall–Kier alpha value is -6.12. The van der Waals surface area contributed by atoms with Crippen molar-refractivity contribution in [1.82, 2.24) is 4.57 Å². The summed E-state index contributed by atoms with van der Waals surface area (Å²) in [6.45, 7) is 9.66. The normalized spacial score (nSPS) is 17.2. The van der Waals surface area contributed by atoms with Gasteiger partial charge in [0.2, 0.25) is 0 Å². The zero-order chi connectivity index (χ0) is 38.0. The predicted molar refractivity (Wildman–Crippen MR) is 239 cm³/mol. The van der Waals surface area contributed by atoms with E-state index in [1.54, 1.807) is 0 Å². The first-order chi connectivity index (χ1) is 27.3. The SMILES string of the molecule is CC1(C)CCC(C)(C)c2cc(-c3ccccc3-n3c4ccccc4c4ccc(N(C5=CCC(c6ccccc6)C=C5)c5cccc6ccccc56)cc43)ccc21. The average molecular weight is 725 g/mol. The number of fused-ring (bicyclic) bond motifs is 5. The molecule has 0 N–H and O–H groups in total. The fourth-order valence-electron chi connectivity index (χ4n) is 9.58. The van der Waals surface area contributed by atoms with Gasteiger partial charge < -0.3 is 9.47 Å². The molecule has 0 bridgehead atoms. The summed E-state index contributed by atoms with van der Waals surface area (Å²) < 4.78 is 2.51. The lowest BCUT2D eigenvalue weighted by molar-refractivity contribution is 0.332. The molecule has 56 heavy (non-hydrogen) atoms. The van der Waals surface area contributed by atoms with Crippen LogP contribution in [0.2, 0.25) is 0 Å². The van der Waals surface area contributed by atoms with Gasteiger partial charge in [-0.15, -0.1) is 0 Å². The number of anilines is 2. The van der Waals surface area contributed by atoms with Crippen LogP contribution < -0.4 is 4.90 Å². The van der Waals surface area contributed by atoms with Crippen LogP contribution in [0.3, 0.4) is 0 Å². The van der Waals surface area contributed by atoms with E-state index in [-0.39, 0.29) is 10.8 Å². The molecule has 8 aromatic rings. The van der Waals surface area contributed by atoms with Crippen molar-refractivity contribution in [2.45, 2.75) is 63.7 Å². The number of hydrogen-bond donors (Lipinski definition) is 0. The van der Waals surface area contributed by atoms with Crippen molar-refractivity contribution in [2.75, 3.05) is 4.90 Å². The number of aromatic nitrogens is 1. The van der Waals surface area contributed by atoms with E-state index in [0.717, 1.165) is 12.1 Å². The molecule has 1 aromatic heterocycles. The van der Waals surface area contributed by atoms with Crippen molar-refractivity contribution in [3.8, 4) is 16.8 Å². The summed E-state index contributed by atoms with van der Waals surface area (Å²) in [7, 11) is 0. The van der Waals surface area contributed by atoms with Crippen LogP contribution in [-0.4, -0.2) is 4.57 Å². The van der Waals surface area contributed by atoms with Gasteiger partial charge >= 0.3 is 0 Å². The summed E-state index contributed by atoms with van der Waals surface area (Å²) in [5, 5.41) is 4.98. The fraction of sp³-hybridized carbons (Fsp3) is 0.185. The van der Waals surface area contributed by atoms with Crippen LogP contribution >= 0.6 is 0 Å². The van der Waals surface area contributed by atoms with Gasteiger partial charge in [-0.05, 0) is 94.1 Å². The molecule has 7 aromatic carbocycles. The van der Waals surface area contributed by atoms with Gasteiger partial charge in [-0.1, -0.05) is 167 Å². The summed E-state index contributed by atoms with van der Waals surface area (Å²) in [4.78, 5) is 2.47. The standard InChI is InChI=1S/C54H48N2/c1-53(2)33-34-54(3,4)48-35-40(27-32-47(48)53)44-20-10-12-22-50(44)56-51-23-13-11-21-45(51)46-31-30-42(36-52(46)56)55(49-24-14-18-39-17-8-9-19-43(39)49)41-28-25-38(26-29-41)37-15-6-5-7-16-37/h5-25,27-32,35-36,38H,26,33-34H2,1-4H3. The van der Waals surface area contributed by atoms with E-state index in [2.05, 4.69) is 213 Å². The van der Waals surface area contributed by atoms with Gasteiger partial charge in [-0.25, -0.2) is 0 Å². The maximum absolute atomic E-state index is 2.51. The highest BCUT2D eigenvalue weighted by molar-refractivity contribution is 6.11. The van der Waals surface area contributed by atoms with Crippen LogP contribution in [0.25, 0.3) is 49.4 Å². The molecule has 1 heterocycles. The second-order valence-electron chi connectivity index (χ2n) is 17.2. The molecule has 2 nitrogen and oxygen atoms in total. The van der Waals surface area contributed by atoms with Crippen LogP contribution in [0.1, 0.15) is 69.6 Å². The Bertz CT molecular complexity index is 2840. The highest BCUT2D eigenvalue weighted by Gasteiger charge is 2.37. The second-order valence-corrected chi connectivity index (χ2v) is 17.2. The van der Waals surface area contributed by atoms with E-state index in [1.807, 2.05) is 0 Å². The first-order valence-electron chi connectivity index (χ1n) is 20.3. The van der Waals surface area contributed by atoms with Gasteiger partial charge in [-0.3, -0.25) is 0 Å². The van der Waals surface area contributed by atoms with E-state index >= 15 is 0 Å². The Labute approximate surface area is 331 Å². The van der Waals surface area contributed by atoms with Crippen molar-refractivity contribution in [1.29, 1.82) is 0 Å². The zero-order valence-electron chi connectivity index (χ0n) is 32.8. The smallest absolute Gasteiger partial charge is 0.0562 e. The van der Waals surface area contributed by atoms with Crippen LogP contribution in [0, 0.1) is 0 Å². The van der Waals surface area contributed by atoms with Crippen molar-refractivity contribution in [2.24, 2.45) is 0 Å². The molecule has 2 heteroatoms. The Morgan fingerprint density at radius 2 is 1.27 bits per heavy atom. The maximum Gasteiger partial charge on any atom is 0.0562 e. The Balaban J connectivity index is 1.17. The molecule has 274 valence electrons. The van der Waals surface area contributed by atoms with Gasteiger partial charge in [0.05, 0.1) is 22.4 Å². The summed E-state index contributed by atoms with van der Waals surface area (Å²) >= 11 is 0. The minimum Gasteiger partial charge on any atom is -0.310 e. The first-order valence-corrected chi connectivity index (χ1v) is 20.3. The monoisotopic (exact) mass is 724 g/mol. The molecule has 2 aliphatic rings. The van der Waals surface area contributed by atoms with E-state index in [9.17, 15) is 0 Å². The quantitative estimate of drug-likeness (QED) is 0.166. The van der Waals surface area contributed by atoms with E-state index < -0.39 is 0 Å². The van der Waals surface area contributed by atoms with Crippen molar-refractivity contribution in [3.63, 3.8) is 0 Å². The van der Waals surface area contributed by atoms with Crippen molar-refractivity contribution in [3.05, 3.63) is 198 Å². The van der Waals surface area contributed by atoms with Gasteiger partial charge in [0.15, 0.2) is 0 Å². The first kappa shape index (κ1) is 34.4. The molecule has 0 aliphatic heterocycles. The Morgan fingerprint density at radius 3 is 2.09 bits per heavy atom. The number of nitrogens with zero attached hydrogens (tertiary/aromatic N) is 2. The predicted octanol–water partition coefficient (Wildman–Crippen LogP) is 14.7. The largest absolute Gasteiger partial charge is 0.310 e. The molecule has 0 radical (unpaired) electrons. The molecule has 0 fully saturated rings. The van der Waals surface area contributed by atoms with Crippen molar-refractivity contribution < 1.29 is 0 Å². The molecule has 0 saturated carbocycles. The van der Waals surface area contributed by atoms with Crippen LogP contribution in [-0.2, 0) is 10.8 Å². The summed E-state index contributed by atoms with van der Waals surface area (Å²) in [6, 6.07) is 58.6. The van der Waals surface area contributed by atoms with Crippen LogP contribution in [0.5, 0.6) is 0 Å². The third-order valence-corrected chi connectivity index (χ3v) is 12.8. The highest BCUT2D eigenvalue weighted by atomic mass is 15.2. The summed E-state index contributed by atoms with van der Waals surface area (Å²) in [5.41, 5.74) is 14.3. The lowest BCUT2D eigenvalue weighted by Gasteiger charge is -2.42. The van der Waals surface area contributed by atoms with E-state index in [4.69, 9.17) is 0 Å². The number of para-hydroxylation sites is 2. The number of rotatable bonds is 6. The number of hydrogen-bond acceptors (Lipinski definition) is 1. The molecule has 2 aliphatic carbocycles. The third-order valence-electron chi connectivity index (χ3n) is 12.8. The Kier molecular flexibility index (Phi) is 8.15. The minimum absolute atomic E-state index is 0.131.